The van der Waals surface area contributed by atoms with Crippen molar-refractivity contribution in [3.8, 4) is 0 Å². The van der Waals surface area contributed by atoms with E-state index in [4.69, 9.17) is 18.9 Å². The first-order chi connectivity index (χ1) is 25.4. The van der Waals surface area contributed by atoms with Gasteiger partial charge in [0.1, 0.15) is 42.7 Å². The number of hydrogen-bond acceptors (Lipinski definition) is 13. The summed E-state index contributed by atoms with van der Waals surface area (Å²) in [5.41, 5.74) is -1.04. The monoisotopic (exact) mass is 784 g/mol. The van der Waals surface area contributed by atoms with Crippen LogP contribution in [0.2, 0.25) is 0 Å². The fourth-order valence-corrected chi connectivity index (χ4v) is 13.3. The molecule has 9 N–H and O–H groups in total. The van der Waals surface area contributed by atoms with Gasteiger partial charge in [-0.2, -0.15) is 0 Å². The van der Waals surface area contributed by atoms with Crippen LogP contribution in [0.5, 0.6) is 0 Å². The largest absolute Gasteiger partial charge is 0.393 e. The van der Waals surface area contributed by atoms with Crippen LogP contribution in [0.3, 0.4) is 0 Å². The standard InChI is InChI=1S/C42H72O13/c1-20(2)11-10-14-42(9,55-37-34(50)32(48)30(46)25(54-37)19-52-36-33(49)31(47)29(45)21(3)53-36)22-12-15-41(8)28(22)23(43)17-27-39(6)18-24(44)35(51)38(4,5)26(39)13-16-40(27,41)7/h11,21-37,43-51H,10,12-19H2,1-9H3/t21-,22-,23-,24-,25+,26+,27-,28-,29+,30-,31-,32+,33+,34-,35+,36-,37-,39-,40-,41-,42-/m0/s1. The van der Waals surface area contributed by atoms with Crippen LogP contribution in [-0.4, -0.2) is 138 Å². The van der Waals surface area contributed by atoms with Crippen LogP contribution in [0.15, 0.2) is 11.6 Å². The summed E-state index contributed by atoms with van der Waals surface area (Å²) in [7, 11) is 0. The molecule has 6 rings (SSSR count). The highest BCUT2D eigenvalue weighted by Crippen LogP contribution is 2.76. The van der Waals surface area contributed by atoms with E-state index in [9.17, 15) is 46.0 Å². The smallest absolute Gasteiger partial charge is 0.187 e. The maximum atomic E-state index is 12.4. The number of aliphatic hydroxyl groups is 9. The number of rotatable bonds is 9. The predicted molar refractivity (Wildman–Crippen MR) is 201 cm³/mol. The molecule has 0 bridgehead atoms. The van der Waals surface area contributed by atoms with Crippen molar-refractivity contribution in [2.24, 2.45) is 45.3 Å². The Balaban J connectivity index is 1.27. The van der Waals surface area contributed by atoms with Gasteiger partial charge in [0, 0.05) is 0 Å². The van der Waals surface area contributed by atoms with Crippen molar-refractivity contribution in [3.05, 3.63) is 11.6 Å². The lowest BCUT2D eigenvalue weighted by molar-refractivity contribution is -0.348. The Morgan fingerprint density at radius 3 is 2.02 bits per heavy atom. The van der Waals surface area contributed by atoms with E-state index in [1.54, 1.807) is 0 Å². The minimum absolute atomic E-state index is 0.118. The molecule has 2 aliphatic heterocycles. The lowest BCUT2D eigenvalue weighted by Gasteiger charge is -2.71. The summed E-state index contributed by atoms with van der Waals surface area (Å²) in [6, 6.07) is 0. The quantitative estimate of drug-likeness (QED) is 0.153. The molecule has 6 fully saturated rings. The second-order valence-electron chi connectivity index (χ2n) is 20.3. The molecular weight excluding hydrogens is 712 g/mol. The van der Waals surface area contributed by atoms with Crippen LogP contribution < -0.4 is 0 Å². The number of allylic oxidation sites excluding steroid dienone is 2. The summed E-state index contributed by atoms with van der Waals surface area (Å²) < 4.78 is 24.4. The van der Waals surface area contributed by atoms with Gasteiger partial charge in [0.2, 0.25) is 0 Å². The van der Waals surface area contributed by atoms with E-state index < -0.39 is 90.7 Å². The number of hydrogen-bond donors (Lipinski definition) is 9. The van der Waals surface area contributed by atoms with Gasteiger partial charge in [-0.15, -0.1) is 0 Å². The van der Waals surface area contributed by atoms with Gasteiger partial charge < -0.3 is 64.9 Å². The second kappa shape index (κ2) is 15.4. The molecule has 318 valence electrons. The number of aliphatic hydroxyl groups excluding tert-OH is 9. The van der Waals surface area contributed by atoms with Crippen molar-refractivity contribution in [2.45, 2.75) is 199 Å². The zero-order valence-electron chi connectivity index (χ0n) is 34.4. The molecule has 2 heterocycles. The first-order valence-corrected chi connectivity index (χ1v) is 20.8. The Bertz CT molecular complexity index is 1390. The van der Waals surface area contributed by atoms with Gasteiger partial charge in [-0.1, -0.05) is 46.3 Å². The van der Waals surface area contributed by atoms with Crippen molar-refractivity contribution in [3.63, 3.8) is 0 Å². The minimum Gasteiger partial charge on any atom is -0.393 e. The summed E-state index contributed by atoms with van der Waals surface area (Å²) in [4.78, 5) is 0. The van der Waals surface area contributed by atoms with Gasteiger partial charge >= 0.3 is 0 Å². The predicted octanol–water partition coefficient (Wildman–Crippen LogP) is 2.15. The highest BCUT2D eigenvalue weighted by atomic mass is 16.7. The molecule has 2 saturated heterocycles. The van der Waals surface area contributed by atoms with Gasteiger partial charge in [-0.25, -0.2) is 0 Å². The number of ether oxygens (including phenoxy) is 4. The summed E-state index contributed by atoms with van der Waals surface area (Å²) in [6.07, 6.45) is -8.51. The Morgan fingerprint density at radius 1 is 0.745 bits per heavy atom. The van der Waals surface area contributed by atoms with Crippen LogP contribution in [0, 0.1) is 45.3 Å². The highest BCUT2D eigenvalue weighted by Gasteiger charge is 2.72. The molecule has 0 aromatic rings. The van der Waals surface area contributed by atoms with Crippen LogP contribution in [-0.2, 0) is 18.9 Å². The van der Waals surface area contributed by atoms with E-state index in [2.05, 4.69) is 40.7 Å². The molecule has 4 aliphatic carbocycles. The molecule has 13 nitrogen and oxygen atoms in total. The van der Waals surface area contributed by atoms with Gasteiger partial charge in [-0.3, -0.25) is 0 Å². The van der Waals surface area contributed by atoms with E-state index >= 15 is 0 Å². The average Bonchev–Trinajstić information content (AvgIpc) is 3.49. The Hall–Kier alpha value is -0.780. The lowest BCUT2D eigenvalue weighted by Crippen LogP contribution is -2.68. The first kappa shape index (κ1) is 43.8. The van der Waals surface area contributed by atoms with Gasteiger partial charge in [0.25, 0.3) is 0 Å². The van der Waals surface area contributed by atoms with Crippen LogP contribution in [0.1, 0.15) is 114 Å². The molecule has 0 aromatic carbocycles. The van der Waals surface area contributed by atoms with E-state index in [1.807, 2.05) is 20.8 Å². The molecule has 13 heteroatoms. The maximum absolute atomic E-state index is 12.4. The van der Waals surface area contributed by atoms with Crippen LogP contribution in [0.25, 0.3) is 0 Å². The molecule has 0 spiro atoms. The van der Waals surface area contributed by atoms with Crippen LogP contribution >= 0.6 is 0 Å². The van der Waals surface area contributed by atoms with Gasteiger partial charge in [0.15, 0.2) is 12.6 Å². The molecule has 4 saturated carbocycles. The van der Waals surface area contributed by atoms with Gasteiger partial charge in [-0.05, 0) is 124 Å². The van der Waals surface area contributed by atoms with E-state index in [0.717, 1.165) is 31.3 Å². The van der Waals surface area contributed by atoms with Gasteiger partial charge in [0.05, 0.1) is 36.6 Å². The molecular formula is C42H72O13. The summed E-state index contributed by atoms with van der Waals surface area (Å²) in [5.74, 6) is -0.0173. The second-order valence-corrected chi connectivity index (χ2v) is 20.3. The fourth-order valence-electron chi connectivity index (χ4n) is 13.3. The molecule has 0 radical (unpaired) electrons. The fraction of sp³-hybridized carbons (Fsp3) is 0.952. The third-order valence-corrected chi connectivity index (χ3v) is 16.6. The molecule has 21 atom stereocenters. The minimum atomic E-state index is -1.66. The zero-order chi connectivity index (χ0) is 40.8. The molecule has 0 unspecified atom stereocenters. The third-order valence-electron chi connectivity index (χ3n) is 16.6. The van der Waals surface area contributed by atoms with E-state index in [1.165, 1.54) is 6.92 Å². The van der Waals surface area contributed by atoms with E-state index in [-0.39, 0.29) is 46.5 Å². The molecule has 55 heavy (non-hydrogen) atoms. The highest BCUT2D eigenvalue weighted by molar-refractivity contribution is 5.21. The van der Waals surface area contributed by atoms with E-state index in [0.29, 0.717) is 25.7 Å². The molecule has 0 amide bonds. The van der Waals surface area contributed by atoms with Crippen molar-refractivity contribution < 1.29 is 64.9 Å². The molecule has 0 aromatic heterocycles. The van der Waals surface area contributed by atoms with Crippen molar-refractivity contribution in [1.29, 1.82) is 0 Å². The normalized spacial score (nSPS) is 53.4. The Labute approximate surface area is 327 Å². The third kappa shape index (κ3) is 7.10. The lowest BCUT2D eigenvalue weighted by atomic mass is 9.35. The summed E-state index contributed by atoms with van der Waals surface area (Å²) in [6.45, 7) is 18.3. The number of fused-ring (bicyclic) bond motifs is 5. The summed E-state index contributed by atoms with van der Waals surface area (Å²) >= 11 is 0. The Morgan fingerprint density at radius 2 is 1.36 bits per heavy atom. The SMILES string of the molecule is CC(C)=CCC[C@](C)(O[C@@H]1O[C@H](CO[C@H]2O[C@@H](C)[C@@H](O)[C@H](O)[C@H]2O)[C@H](O)[C@@H](O)[C@@H]1O)[C@H]1CC[C@@]2(C)[C@@H]1[C@@H](O)C[C@H]1[C@@]3(C)C[C@H](O)[C@@H](O)C(C)(C)[C@H]3CC[C@@]12C. The van der Waals surface area contributed by atoms with Crippen molar-refractivity contribution >= 4 is 0 Å². The summed E-state index contributed by atoms with van der Waals surface area (Å²) in [5, 5.41) is 99.0. The molecule has 6 aliphatic rings. The van der Waals surface area contributed by atoms with Crippen molar-refractivity contribution in [1.82, 2.24) is 0 Å². The maximum Gasteiger partial charge on any atom is 0.187 e. The zero-order valence-corrected chi connectivity index (χ0v) is 34.4. The average molecular weight is 785 g/mol. The van der Waals surface area contributed by atoms with Crippen LogP contribution in [0.4, 0.5) is 0 Å². The first-order valence-electron chi connectivity index (χ1n) is 20.8. The van der Waals surface area contributed by atoms with Crippen molar-refractivity contribution in [2.75, 3.05) is 6.61 Å². The topological polar surface area (TPSA) is 219 Å². The Kier molecular flexibility index (Phi) is 12.2.